The molecule has 2 heterocycles. The maximum Gasteiger partial charge on any atom is 0.307 e. The minimum atomic E-state index is -0.663. The van der Waals surface area contributed by atoms with E-state index in [0.717, 1.165) is 30.8 Å². The van der Waals surface area contributed by atoms with Crippen LogP contribution in [0, 0.1) is 5.92 Å². The van der Waals surface area contributed by atoms with Crippen molar-refractivity contribution in [3.63, 3.8) is 0 Å². The minimum Gasteiger partial charge on any atom is -0.481 e. The third-order valence-electron chi connectivity index (χ3n) is 5.45. The molecule has 0 aromatic carbocycles. The fourth-order valence-electron chi connectivity index (χ4n) is 3.78. The fraction of sp³-hybridized carbons (Fsp3) is 0.722. The molecule has 1 aromatic heterocycles. The molecular weight excluding hydrogens is 290 g/mol. The lowest BCUT2D eigenvalue weighted by Gasteiger charge is -2.54. The van der Waals surface area contributed by atoms with Crippen LogP contribution in [-0.4, -0.2) is 38.0 Å². The van der Waals surface area contributed by atoms with Gasteiger partial charge in [0.1, 0.15) is 5.82 Å². The standard InChI is InChI=1S/C18H27N3O2/c1-17(2,3)16-19-9-13(10-20-16)11-21-12-14(15(22)23)5-8-18(21)6-4-7-18/h9-10,14H,4-8,11-12H2,1-3H3,(H,22,23). The van der Waals surface area contributed by atoms with Crippen LogP contribution in [0.25, 0.3) is 0 Å². The Kier molecular flexibility index (Phi) is 4.17. The van der Waals surface area contributed by atoms with Gasteiger partial charge in [-0.25, -0.2) is 9.97 Å². The molecule has 5 heteroatoms. The second-order valence-electron chi connectivity index (χ2n) is 8.20. The SMILES string of the molecule is CC(C)(C)c1ncc(CN2CC(C(=O)O)CCC23CCC3)cn1. The lowest BCUT2D eigenvalue weighted by molar-refractivity contribution is -0.147. The molecule has 1 N–H and O–H groups in total. The number of rotatable bonds is 3. The van der Waals surface area contributed by atoms with Gasteiger partial charge >= 0.3 is 5.97 Å². The maximum absolute atomic E-state index is 11.4. The summed E-state index contributed by atoms with van der Waals surface area (Å²) in [7, 11) is 0. The molecule has 2 fully saturated rings. The minimum absolute atomic E-state index is 0.0484. The summed E-state index contributed by atoms with van der Waals surface area (Å²) in [6, 6.07) is 0. The van der Waals surface area contributed by atoms with E-state index in [1.54, 1.807) is 0 Å². The van der Waals surface area contributed by atoms with Crippen molar-refractivity contribution >= 4 is 5.97 Å². The molecule has 1 unspecified atom stereocenters. The predicted molar refractivity (Wildman–Crippen MR) is 88.1 cm³/mol. The van der Waals surface area contributed by atoms with E-state index in [-0.39, 0.29) is 16.9 Å². The van der Waals surface area contributed by atoms with E-state index < -0.39 is 5.97 Å². The quantitative estimate of drug-likeness (QED) is 0.928. The van der Waals surface area contributed by atoms with Gasteiger partial charge in [0.25, 0.3) is 0 Å². The number of aromatic nitrogens is 2. The average Bonchev–Trinajstić information content (AvgIpc) is 2.45. The Morgan fingerprint density at radius 3 is 2.43 bits per heavy atom. The van der Waals surface area contributed by atoms with E-state index in [9.17, 15) is 9.90 Å². The Morgan fingerprint density at radius 1 is 1.30 bits per heavy atom. The van der Waals surface area contributed by atoms with Crippen LogP contribution in [0.4, 0.5) is 0 Å². The fourth-order valence-corrected chi connectivity index (χ4v) is 3.78. The zero-order valence-electron chi connectivity index (χ0n) is 14.4. The number of nitrogens with zero attached hydrogens (tertiary/aromatic N) is 3. The first-order chi connectivity index (χ1) is 10.8. The molecule has 0 bridgehead atoms. The lowest BCUT2D eigenvalue weighted by Crippen LogP contribution is -2.58. The molecule has 0 radical (unpaired) electrons. The molecular formula is C18H27N3O2. The van der Waals surface area contributed by atoms with Gasteiger partial charge in [0, 0.05) is 42.0 Å². The van der Waals surface area contributed by atoms with Gasteiger partial charge in [-0.3, -0.25) is 9.69 Å². The van der Waals surface area contributed by atoms with Crippen molar-refractivity contribution in [3.05, 3.63) is 23.8 Å². The summed E-state index contributed by atoms with van der Waals surface area (Å²) in [6.45, 7) is 7.72. The van der Waals surface area contributed by atoms with Crippen LogP contribution < -0.4 is 0 Å². The predicted octanol–water partition coefficient (Wildman–Crippen LogP) is 2.99. The number of aliphatic carboxylic acids is 1. The second kappa shape index (κ2) is 5.86. The highest BCUT2D eigenvalue weighted by Crippen LogP contribution is 2.46. The smallest absolute Gasteiger partial charge is 0.307 e. The van der Waals surface area contributed by atoms with Gasteiger partial charge in [0.05, 0.1) is 5.92 Å². The molecule has 0 amide bonds. The van der Waals surface area contributed by atoms with Crippen molar-refractivity contribution in [1.82, 2.24) is 14.9 Å². The zero-order valence-corrected chi connectivity index (χ0v) is 14.4. The molecule has 1 saturated carbocycles. The van der Waals surface area contributed by atoms with Crippen molar-refractivity contribution in [1.29, 1.82) is 0 Å². The van der Waals surface area contributed by atoms with E-state index in [0.29, 0.717) is 6.54 Å². The van der Waals surface area contributed by atoms with Gasteiger partial charge in [-0.05, 0) is 32.1 Å². The summed E-state index contributed by atoms with van der Waals surface area (Å²) in [4.78, 5) is 22.8. The molecule has 1 aromatic rings. The number of piperidine rings is 1. The van der Waals surface area contributed by atoms with Crippen molar-refractivity contribution in [2.75, 3.05) is 6.54 Å². The van der Waals surface area contributed by atoms with E-state index in [2.05, 4.69) is 35.6 Å². The molecule has 126 valence electrons. The second-order valence-corrected chi connectivity index (χ2v) is 8.20. The highest BCUT2D eigenvalue weighted by Gasteiger charge is 2.47. The molecule has 3 rings (SSSR count). The van der Waals surface area contributed by atoms with Crippen molar-refractivity contribution < 1.29 is 9.90 Å². The van der Waals surface area contributed by atoms with Gasteiger partial charge in [0.15, 0.2) is 0 Å². The van der Waals surface area contributed by atoms with Gasteiger partial charge in [-0.2, -0.15) is 0 Å². The Morgan fingerprint density at radius 2 is 1.96 bits per heavy atom. The van der Waals surface area contributed by atoms with Gasteiger partial charge in [-0.1, -0.05) is 20.8 Å². The van der Waals surface area contributed by atoms with E-state index in [4.69, 9.17) is 0 Å². The maximum atomic E-state index is 11.4. The highest BCUT2D eigenvalue weighted by atomic mass is 16.4. The largest absolute Gasteiger partial charge is 0.481 e. The molecule has 5 nitrogen and oxygen atoms in total. The van der Waals surface area contributed by atoms with Crippen LogP contribution in [0.3, 0.4) is 0 Å². The third-order valence-corrected chi connectivity index (χ3v) is 5.45. The molecule has 23 heavy (non-hydrogen) atoms. The average molecular weight is 317 g/mol. The third kappa shape index (κ3) is 3.25. The number of carbonyl (C=O) groups is 1. The van der Waals surface area contributed by atoms with E-state index in [1.165, 1.54) is 19.3 Å². The summed E-state index contributed by atoms with van der Waals surface area (Å²) in [6.07, 6.45) is 9.28. The summed E-state index contributed by atoms with van der Waals surface area (Å²) in [5.41, 5.74) is 1.26. The number of carboxylic acids is 1. The lowest BCUT2D eigenvalue weighted by atomic mass is 9.68. The molecule has 1 atom stereocenters. The number of likely N-dealkylation sites (tertiary alicyclic amines) is 1. The number of hydrogen-bond donors (Lipinski definition) is 1. The van der Waals surface area contributed by atoms with E-state index >= 15 is 0 Å². The highest BCUT2D eigenvalue weighted by molar-refractivity contribution is 5.70. The zero-order chi connectivity index (χ0) is 16.7. The Balaban J connectivity index is 1.74. The molecule has 1 spiro atoms. The van der Waals surface area contributed by atoms with Gasteiger partial charge in [0.2, 0.25) is 0 Å². The Bertz CT molecular complexity index is 573. The first-order valence-corrected chi connectivity index (χ1v) is 8.59. The molecule has 1 aliphatic heterocycles. The Labute approximate surface area is 138 Å². The normalized spacial score (nSPS) is 24.4. The van der Waals surface area contributed by atoms with E-state index in [1.807, 2.05) is 12.4 Å². The molecule has 1 aliphatic carbocycles. The monoisotopic (exact) mass is 317 g/mol. The van der Waals surface area contributed by atoms with Crippen molar-refractivity contribution in [3.8, 4) is 0 Å². The van der Waals surface area contributed by atoms with Crippen LogP contribution >= 0.6 is 0 Å². The Hall–Kier alpha value is -1.49. The van der Waals surface area contributed by atoms with Crippen LogP contribution in [0.5, 0.6) is 0 Å². The first-order valence-electron chi connectivity index (χ1n) is 8.59. The van der Waals surface area contributed by atoms with Gasteiger partial charge < -0.3 is 5.11 Å². The topological polar surface area (TPSA) is 66.3 Å². The number of carboxylic acid groups (broad SMARTS) is 1. The summed E-state index contributed by atoms with van der Waals surface area (Å²) in [5, 5.41) is 9.36. The van der Waals surface area contributed by atoms with Crippen LogP contribution in [0.15, 0.2) is 12.4 Å². The first kappa shape index (κ1) is 16.4. The summed E-state index contributed by atoms with van der Waals surface area (Å²) in [5.74, 6) is -0.0545. The van der Waals surface area contributed by atoms with Crippen molar-refractivity contribution in [2.24, 2.45) is 5.92 Å². The van der Waals surface area contributed by atoms with Crippen LogP contribution in [-0.2, 0) is 16.8 Å². The van der Waals surface area contributed by atoms with Gasteiger partial charge in [-0.15, -0.1) is 0 Å². The number of hydrogen-bond acceptors (Lipinski definition) is 4. The van der Waals surface area contributed by atoms with Crippen LogP contribution in [0.2, 0.25) is 0 Å². The molecule has 2 aliphatic rings. The van der Waals surface area contributed by atoms with Crippen LogP contribution in [0.1, 0.15) is 64.3 Å². The summed E-state index contributed by atoms with van der Waals surface area (Å²) < 4.78 is 0. The van der Waals surface area contributed by atoms with Crippen molar-refractivity contribution in [2.45, 2.75) is 70.4 Å². The summed E-state index contributed by atoms with van der Waals surface area (Å²) >= 11 is 0. The molecule has 1 saturated heterocycles.